The molecule has 5 nitrogen and oxygen atoms in total. The highest BCUT2D eigenvalue weighted by Gasteiger charge is 2.45. The highest BCUT2D eigenvalue weighted by atomic mass is 15.2. The van der Waals surface area contributed by atoms with Crippen molar-refractivity contribution in [3.63, 3.8) is 0 Å². The lowest BCUT2D eigenvalue weighted by Gasteiger charge is -2.41. The summed E-state index contributed by atoms with van der Waals surface area (Å²) in [5.41, 5.74) is 21.8. The Morgan fingerprint density at radius 2 is 0.912 bits per heavy atom. The minimum atomic E-state index is -0.515. The molecule has 4 aromatic heterocycles. The molecule has 2 aliphatic rings. The average molecular weight is 1320 g/mol. The van der Waals surface area contributed by atoms with Gasteiger partial charge in [-0.15, -0.1) is 0 Å². The van der Waals surface area contributed by atoms with Crippen LogP contribution < -0.4 is 26.6 Å². The summed E-state index contributed by atoms with van der Waals surface area (Å²) in [5, 5.41) is 16.8. The molecule has 0 unspecified atom stereocenters. The fourth-order valence-corrected chi connectivity index (χ4v) is 17.1. The number of benzene rings is 14. The second-order valence-corrected chi connectivity index (χ2v) is 31.2. The van der Waals surface area contributed by atoms with E-state index in [0.29, 0.717) is 5.69 Å². The molecule has 6 heterocycles. The maximum atomic E-state index is 9.53. The standard InChI is InChI=1S/C96H76BN5/c1-94(2,3)61-41-48-83-75(51-61)76-52-62(95(4,5)6)42-49-84(76)99(83)66-46-47-79-86(56-66)100(65-44-39-59(40-45-65)58-25-12-10-13-26-58)93-89-74-36-24-35-73-71-33-19-17-31-69(71)68-30-16-18-32-70(68)72-34-21-23-38-82(72)101(91(73)74)87(89)57-88-90(93)97(79)80-54-63(96(7,8)9)53-78-77-55-64(43-50-85(77)102(88)92(78)80)98-81-37-22-20-29-67(81)60-27-14-11-15-28-60/h10-57,98H,1-9H3/i11D,14D,15D,20D,22D,27D,29D,37D. The molecule has 6 heteroatoms. The summed E-state index contributed by atoms with van der Waals surface area (Å²) < 4.78 is 79.4. The molecule has 0 bridgehead atoms. The molecule has 0 spiro atoms. The van der Waals surface area contributed by atoms with Crippen LogP contribution in [0.3, 0.4) is 0 Å². The summed E-state index contributed by atoms with van der Waals surface area (Å²) in [6.07, 6.45) is 0. The number of hydrogen-bond acceptors (Lipinski definition) is 2. The van der Waals surface area contributed by atoms with Crippen molar-refractivity contribution < 1.29 is 11.0 Å². The van der Waals surface area contributed by atoms with Crippen LogP contribution in [0.4, 0.5) is 28.4 Å². The van der Waals surface area contributed by atoms with E-state index < -0.39 is 36.3 Å². The first-order valence-electron chi connectivity index (χ1n) is 39.5. The van der Waals surface area contributed by atoms with Crippen molar-refractivity contribution in [2.24, 2.45) is 0 Å². The minimum absolute atomic E-state index is 0.00684. The predicted octanol–water partition coefficient (Wildman–Crippen LogP) is 24.0. The van der Waals surface area contributed by atoms with Crippen LogP contribution in [0.5, 0.6) is 0 Å². The number of hydrogen-bond donors (Lipinski definition) is 1. The molecular weight excluding hydrogens is 1230 g/mol. The number of rotatable bonds is 6. The highest BCUT2D eigenvalue weighted by molar-refractivity contribution is 7.00. The molecule has 14 aromatic carbocycles. The third-order valence-corrected chi connectivity index (χ3v) is 22.1. The Bertz CT molecular complexity index is 7100. The molecule has 0 amide bonds. The maximum Gasteiger partial charge on any atom is 0.252 e. The summed E-state index contributed by atoms with van der Waals surface area (Å²) >= 11 is 0. The number of fused-ring (bicyclic) bond motifs is 21. The van der Waals surface area contributed by atoms with Crippen LogP contribution in [0.2, 0.25) is 0 Å². The van der Waals surface area contributed by atoms with Crippen LogP contribution in [0.15, 0.2) is 291 Å². The van der Waals surface area contributed by atoms with E-state index in [-0.39, 0.29) is 51.9 Å². The molecule has 488 valence electrons. The third kappa shape index (κ3) is 8.91. The van der Waals surface area contributed by atoms with Gasteiger partial charge in [0.1, 0.15) is 0 Å². The van der Waals surface area contributed by atoms with Gasteiger partial charge in [-0.2, -0.15) is 0 Å². The van der Waals surface area contributed by atoms with Gasteiger partial charge in [-0.05, 0) is 179 Å². The summed E-state index contributed by atoms with van der Waals surface area (Å²) in [6.45, 7) is 20.3. The summed E-state index contributed by atoms with van der Waals surface area (Å²) in [4.78, 5) is 2.60. The number of nitrogens with one attached hydrogen (secondary N) is 1. The summed E-state index contributed by atoms with van der Waals surface area (Å²) in [5.74, 6) is 0. The van der Waals surface area contributed by atoms with Crippen molar-refractivity contribution in [2.75, 3.05) is 10.2 Å². The normalized spacial score (nSPS) is 14.2. The maximum absolute atomic E-state index is 9.53. The van der Waals surface area contributed by atoms with Gasteiger partial charge >= 0.3 is 0 Å². The van der Waals surface area contributed by atoms with Gasteiger partial charge in [-0.25, -0.2) is 0 Å². The Morgan fingerprint density at radius 3 is 1.62 bits per heavy atom. The second kappa shape index (κ2) is 21.8. The summed E-state index contributed by atoms with van der Waals surface area (Å²) in [7, 11) is 0. The van der Waals surface area contributed by atoms with Crippen LogP contribution >= 0.6 is 0 Å². The molecule has 18 aromatic rings. The van der Waals surface area contributed by atoms with E-state index in [1.54, 1.807) is 0 Å². The fraction of sp³-hybridized carbons (Fsp3) is 0.125. The SMILES string of the molecule is [2H]c1cc(-c2c([2H])c([2H])c([2H])c([2H])c2Nc2ccc3c(c2)c2cc(C(C)(C)C)cc4c2n3-c2cc3c(c5c2B4c2ccc(-n4c6ccc(C(C)(C)C)cc6c6cc(C(C)(C)C)ccc64)cc2N5c2ccc(-c4ccccc4)cc2)c2cccc4c5ccccc5c5ccccc5c5ccccc5n3c42)c([2H])c([2H])c1[2H]. The monoisotopic (exact) mass is 1320 g/mol. The highest BCUT2D eigenvalue weighted by Crippen LogP contribution is 2.51. The molecule has 0 fully saturated rings. The predicted molar refractivity (Wildman–Crippen MR) is 438 cm³/mol. The van der Waals surface area contributed by atoms with Crippen LogP contribution in [-0.2, 0) is 16.2 Å². The van der Waals surface area contributed by atoms with Crippen LogP contribution in [0.1, 0.15) is 90.0 Å². The van der Waals surface area contributed by atoms with Crippen molar-refractivity contribution >= 4 is 155 Å². The minimum Gasteiger partial charge on any atom is -0.355 e. The Labute approximate surface area is 606 Å². The second-order valence-electron chi connectivity index (χ2n) is 31.2. The Balaban J connectivity index is 0.961. The Kier molecular flexibility index (Phi) is 11.2. The third-order valence-electron chi connectivity index (χ3n) is 22.1. The Morgan fingerprint density at radius 1 is 0.343 bits per heavy atom. The zero-order valence-electron chi connectivity index (χ0n) is 66.5. The average Bonchev–Trinajstić information content (AvgIpc) is 1.44. The summed E-state index contributed by atoms with van der Waals surface area (Å²) in [6, 6.07) is 86.0. The first-order valence-corrected chi connectivity index (χ1v) is 35.5. The van der Waals surface area contributed by atoms with Crippen LogP contribution in [-0.4, -0.2) is 20.2 Å². The lowest BCUT2D eigenvalue weighted by molar-refractivity contribution is 0.590. The van der Waals surface area contributed by atoms with Gasteiger partial charge in [-0.3, -0.25) is 0 Å². The molecular formula is C96H76BN5. The van der Waals surface area contributed by atoms with Crippen molar-refractivity contribution in [3.8, 4) is 33.6 Å². The van der Waals surface area contributed by atoms with E-state index in [0.717, 1.165) is 154 Å². The van der Waals surface area contributed by atoms with Gasteiger partial charge in [0.05, 0.1) is 49.8 Å². The lowest BCUT2D eigenvalue weighted by Crippen LogP contribution is -2.60. The lowest BCUT2D eigenvalue weighted by atomic mass is 9.33. The van der Waals surface area contributed by atoms with E-state index >= 15 is 0 Å². The van der Waals surface area contributed by atoms with Gasteiger partial charge < -0.3 is 23.8 Å². The van der Waals surface area contributed by atoms with Crippen LogP contribution in [0.25, 0.3) is 137 Å². The molecule has 20 rings (SSSR count). The van der Waals surface area contributed by atoms with Crippen molar-refractivity contribution in [3.05, 3.63) is 308 Å². The van der Waals surface area contributed by atoms with Crippen molar-refractivity contribution in [2.45, 2.75) is 78.6 Å². The van der Waals surface area contributed by atoms with E-state index in [1.807, 2.05) is 6.07 Å². The molecule has 0 atom stereocenters. The first-order chi connectivity index (χ1) is 52.8. The first kappa shape index (κ1) is 52.2. The van der Waals surface area contributed by atoms with E-state index in [2.05, 4.69) is 317 Å². The molecule has 2 aliphatic heterocycles. The van der Waals surface area contributed by atoms with E-state index in [9.17, 15) is 2.74 Å². The van der Waals surface area contributed by atoms with Crippen molar-refractivity contribution in [1.82, 2.24) is 13.5 Å². The Hall–Kier alpha value is -11.9. The van der Waals surface area contributed by atoms with Gasteiger partial charge in [0.15, 0.2) is 0 Å². The fourth-order valence-electron chi connectivity index (χ4n) is 17.1. The van der Waals surface area contributed by atoms with Gasteiger partial charge in [0.25, 0.3) is 6.71 Å². The molecule has 102 heavy (non-hydrogen) atoms. The smallest absolute Gasteiger partial charge is 0.252 e. The topological polar surface area (TPSA) is 29.5 Å². The molecule has 0 saturated carbocycles. The zero-order chi connectivity index (χ0) is 75.8. The van der Waals surface area contributed by atoms with Gasteiger partial charge in [0, 0.05) is 88.3 Å². The zero-order valence-corrected chi connectivity index (χ0v) is 58.5. The van der Waals surface area contributed by atoms with Crippen molar-refractivity contribution in [1.29, 1.82) is 0 Å². The van der Waals surface area contributed by atoms with Gasteiger partial charge in [-0.1, -0.05) is 262 Å². The van der Waals surface area contributed by atoms with E-state index in [4.69, 9.17) is 8.22 Å². The number of aromatic nitrogens is 3. The van der Waals surface area contributed by atoms with Crippen LogP contribution in [0, 0.1) is 0 Å². The number of anilines is 5. The molecule has 0 aliphatic carbocycles. The number of nitrogens with zero attached hydrogens (tertiary/aromatic N) is 4. The van der Waals surface area contributed by atoms with Gasteiger partial charge in [0.2, 0.25) is 0 Å². The molecule has 0 radical (unpaired) electrons. The largest absolute Gasteiger partial charge is 0.355 e. The molecule has 1 N–H and O–H groups in total. The quantitative estimate of drug-likeness (QED) is 0.168. The van der Waals surface area contributed by atoms with E-state index in [1.165, 1.54) is 28.0 Å². The number of para-hydroxylation sites is 3. The molecule has 0 saturated heterocycles.